The summed E-state index contributed by atoms with van der Waals surface area (Å²) in [5, 5.41) is 6.89. The number of carbonyl (C=O) groups excluding carboxylic acids is 1. The Labute approximate surface area is 133 Å². The molecule has 22 heavy (non-hydrogen) atoms. The number of aryl methyl sites for hydroxylation is 1. The Balaban J connectivity index is 1.60. The van der Waals surface area contributed by atoms with Crippen molar-refractivity contribution in [3.05, 3.63) is 29.3 Å². The van der Waals surface area contributed by atoms with E-state index in [4.69, 9.17) is 0 Å². The average Bonchev–Trinajstić information content (AvgIpc) is 2.54. The highest BCUT2D eigenvalue weighted by atomic mass is 16.1. The number of ketones is 1. The molecule has 3 rings (SSSR count). The second kappa shape index (κ2) is 7.77. The molecule has 3 heteroatoms. The van der Waals surface area contributed by atoms with Gasteiger partial charge in [-0.1, -0.05) is 18.6 Å². The minimum Gasteiger partial charge on any atom is -0.385 e. The fourth-order valence-corrected chi connectivity index (χ4v) is 3.62. The molecular weight excluding hydrogens is 272 g/mol. The average molecular weight is 300 g/mol. The van der Waals surface area contributed by atoms with Gasteiger partial charge >= 0.3 is 0 Å². The zero-order valence-electron chi connectivity index (χ0n) is 13.5. The van der Waals surface area contributed by atoms with Gasteiger partial charge in [-0.15, -0.1) is 0 Å². The van der Waals surface area contributed by atoms with Crippen molar-refractivity contribution >= 4 is 11.5 Å². The lowest BCUT2D eigenvalue weighted by atomic mass is 9.90. The van der Waals surface area contributed by atoms with Gasteiger partial charge in [-0.3, -0.25) is 4.79 Å². The first-order valence-corrected chi connectivity index (χ1v) is 8.93. The number of rotatable bonds is 4. The monoisotopic (exact) mass is 300 g/mol. The first kappa shape index (κ1) is 15.5. The Morgan fingerprint density at radius 1 is 1.09 bits per heavy atom. The summed E-state index contributed by atoms with van der Waals surface area (Å²) < 4.78 is 0. The van der Waals surface area contributed by atoms with E-state index >= 15 is 0 Å². The summed E-state index contributed by atoms with van der Waals surface area (Å²) >= 11 is 0. The Bertz CT molecular complexity index is 506. The zero-order chi connectivity index (χ0) is 15.2. The quantitative estimate of drug-likeness (QED) is 0.831. The Morgan fingerprint density at radius 3 is 2.82 bits per heavy atom. The molecule has 1 aromatic rings. The molecule has 0 aliphatic carbocycles. The van der Waals surface area contributed by atoms with Gasteiger partial charge in [-0.05, 0) is 69.2 Å². The Morgan fingerprint density at radius 2 is 1.95 bits per heavy atom. The van der Waals surface area contributed by atoms with Gasteiger partial charge in [0.1, 0.15) is 0 Å². The molecule has 2 heterocycles. The number of anilines is 1. The molecule has 1 saturated heterocycles. The van der Waals surface area contributed by atoms with E-state index in [9.17, 15) is 4.79 Å². The number of hydrogen-bond donors (Lipinski definition) is 2. The summed E-state index contributed by atoms with van der Waals surface area (Å²) in [6.07, 6.45) is 9.10. The molecule has 0 bridgehead atoms. The maximum Gasteiger partial charge on any atom is 0.162 e. The molecule has 2 aliphatic rings. The highest BCUT2D eigenvalue weighted by Gasteiger charge is 2.16. The third-order valence-electron chi connectivity index (χ3n) is 5.11. The SMILES string of the molecule is O=C(CCC1CCNCC1)c1ccc2c(c1)NCCCCC2. The minimum absolute atomic E-state index is 0.310. The van der Waals surface area contributed by atoms with Crippen molar-refractivity contribution in [1.29, 1.82) is 0 Å². The first-order valence-electron chi connectivity index (χ1n) is 8.93. The van der Waals surface area contributed by atoms with E-state index in [1.807, 2.05) is 6.07 Å². The van der Waals surface area contributed by atoms with Crippen LogP contribution in [0.1, 0.15) is 60.9 Å². The summed E-state index contributed by atoms with van der Waals surface area (Å²) in [6.45, 7) is 3.25. The van der Waals surface area contributed by atoms with E-state index in [1.54, 1.807) is 0 Å². The van der Waals surface area contributed by atoms with Crippen LogP contribution in [0.15, 0.2) is 18.2 Å². The smallest absolute Gasteiger partial charge is 0.162 e. The van der Waals surface area contributed by atoms with Gasteiger partial charge in [0.15, 0.2) is 5.78 Å². The van der Waals surface area contributed by atoms with Crippen molar-refractivity contribution in [2.75, 3.05) is 25.0 Å². The summed E-state index contributed by atoms with van der Waals surface area (Å²) in [5.41, 5.74) is 3.45. The van der Waals surface area contributed by atoms with Crippen molar-refractivity contribution < 1.29 is 4.79 Å². The third kappa shape index (κ3) is 4.10. The van der Waals surface area contributed by atoms with Crippen LogP contribution in [0.2, 0.25) is 0 Å². The normalized spacial score (nSPS) is 19.6. The van der Waals surface area contributed by atoms with E-state index in [-0.39, 0.29) is 0 Å². The fourth-order valence-electron chi connectivity index (χ4n) is 3.62. The van der Waals surface area contributed by atoms with Crippen LogP contribution in [-0.4, -0.2) is 25.4 Å². The van der Waals surface area contributed by atoms with Gasteiger partial charge in [0, 0.05) is 24.2 Å². The molecule has 0 aromatic heterocycles. The first-order chi connectivity index (χ1) is 10.8. The van der Waals surface area contributed by atoms with Crippen molar-refractivity contribution in [3.63, 3.8) is 0 Å². The second-order valence-corrected chi connectivity index (χ2v) is 6.76. The third-order valence-corrected chi connectivity index (χ3v) is 5.11. The van der Waals surface area contributed by atoms with E-state index in [2.05, 4.69) is 22.8 Å². The second-order valence-electron chi connectivity index (χ2n) is 6.76. The molecule has 2 N–H and O–H groups in total. The lowest BCUT2D eigenvalue weighted by molar-refractivity contribution is 0.0971. The van der Waals surface area contributed by atoms with Crippen LogP contribution in [0.25, 0.3) is 0 Å². The van der Waals surface area contributed by atoms with Gasteiger partial charge in [0.2, 0.25) is 0 Å². The van der Waals surface area contributed by atoms with Gasteiger partial charge in [-0.2, -0.15) is 0 Å². The maximum absolute atomic E-state index is 12.5. The summed E-state index contributed by atoms with van der Waals surface area (Å²) in [7, 11) is 0. The standard InChI is InChI=1S/C19H28N2O/c22-19(8-5-15-9-12-20-13-10-15)17-7-6-16-4-2-1-3-11-21-18(16)14-17/h6-7,14-15,20-21H,1-5,8-13H2. The largest absolute Gasteiger partial charge is 0.385 e. The van der Waals surface area contributed by atoms with Crippen LogP contribution < -0.4 is 10.6 Å². The number of nitrogens with one attached hydrogen (secondary N) is 2. The van der Waals surface area contributed by atoms with Crippen LogP contribution in [0.3, 0.4) is 0 Å². The maximum atomic E-state index is 12.5. The molecule has 0 amide bonds. The highest BCUT2D eigenvalue weighted by molar-refractivity contribution is 5.97. The van der Waals surface area contributed by atoms with Crippen molar-refractivity contribution in [1.82, 2.24) is 5.32 Å². The molecule has 1 fully saturated rings. The number of Topliss-reactive ketones (excluding diaryl/α,β-unsaturated/α-hetero) is 1. The number of benzene rings is 1. The van der Waals surface area contributed by atoms with E-state index in [1.165, 1.54) is 43.4 Å². The van der Waals surface area contributed by atoms with Crippen LogP contribution in [-0.2, 0) is 6.42 Å². The Kier molecular flexibility index (Phi) is 5.49. The molecule has 0 atom stereocenters. The number of hydrogen-bond acceptors (Lipinski definition) is 3. The van der Waals surface area contributed by atoms with Crippen LogP contribution in [0.5, 0.6) is 0 Å². The molecular formula is C19H28N2O. The van der Waals surface area contributed by atoms with Crippen molar-refractivity contribution in [2.45, 2.75) is 51.4 Å². The van der Waals surface area contributed by atoms with Crippen molar-refractivity contribution in [3.8, 4) is 0 Å². The molecule has 2 aliphatic heterocycles. The fraction of sp³-hybridized carbons (Fsp3) is 0.632. The number of carbonyl (C=O) groups is 1. The molecule has 120 valence electrons. The summed E-state index contributed by atoms with van der Waals surface area (Å²) in [5.74, 6) is 1.04. The molecule has 0 radical (unpaired) electrons. The van der Waals surface area contributed by atoms with Crippen LogP contribution in [0, 0.1) is 5.92 Å². The predicted molar refractivity (Wildman–Crippen MR) is 91.6 cm³/mol. The highest BCUT2D eigenvalue weighted by Crippen LogP contribution is 2.25. The topological polar surface area (TPSA) is 41.1 Å². The van der Waals surface area contributed by atoms with Gasteiger partial charge in [0.05, 0.1) is 0 Å². The van der Waals surface area contributed by atoms with Crippen LogP contribution in [0.4, 0.5) is 5.69 Å². The van der Waals surface area contributed by atoms with Crippen molar-refractivity contribution in [2.24, 2.45) is 5.92 Å². The number of fused-ring (bicyclic) bond motifs is 1. The van der Waals surface area contributed by atoms with Gasteiger partial charge in [-0.25, -0.2) is 0 Å². The summed E-state index contributed by atoms with van der Waals surface area (Å²) in [6, 6.07) is 6.28. The van der Waals surface area contributed by atoms with Gasteiger partial charge in [0.25, 0.3) is 0 Å². The molecule has 1 aromatic carbocycles. The summed E-state index contributed by atoms with van der Waals surface area (Å²) in [4.78, 5) is 12.5. The Hall–Kier alpha value is -1.35. The van der Waals surface area contributed by atoms with E-state index in [0.717, 1.165) is 44.0 Å². The minimum atomic E-state index is 0.310. The molecule has 3 nitrogen and oxygen atoms in total. The van der Waals surface area contributed by atoms with Crippen LogP contribution >= 0.6 is 0 Å². The molecule has 0 unspecified atom stereocenters. The lowest BCUT2D eigenvalue weighted by Gasteiger charge is -2.22. The van der Waals surface area contributed by atoms with E-state index in [0.29, 0.717) is 12.2 Å². The van der Waals surface area contributed by atoms with Gasteiger partial charge < -0.3 is 10.6 Å². The lowest BCUT2D eigenvalue weighted by Crippen LogP contribution is -2.28. The molecule has 0 saturated carbocycles. The number of piperidine rings is 1. The molecule has 0 spiro atoms. The predicted octanol–water partition coefficient (Wildman–Crippen LogP) is 3.79. The van der Waals surface area contributed by atoms with E-state index < -0.39 is 0 Å². The zero-order valence-corrected chi connectivity index (χ0v) is 13.5.